The van der Waals surface area contributed by atoms with Gasteiger partial charge in [0.15, 0.2) is 0 Å². The lowest BCUT2D eigenvalue weighted by Gasteiger charge is -2.14. The first-order chi connectivity index (χ1) is 9.86. The number of fused-ring (bicyclic) bond motifs is 1. The van der Waals surface area contributed by atoms with Crippen LogP contribution < -0.4 is 10.1 Å². The van der Waals surface area contributed by atoms with E-state index in [4.69, 9.17) is 9.84 Å². The summed E-state index contributed by atoms with van der Waals surface area (Å²) < 4.78 is 5.97. The Labute approximate surface area is 122 Å². The van der Waals surface area contributed by atoms with E-state index in [1.165, 1.54) is 17.5 Å². The number of hydrogen-bond donors (Lipinski definition) is 2. The molecule has 0 aromatic heterocycles. The molecule has 1 atom stereocenters. The lowest BCUT2D eigenvalue weighted by Crippen LogP contribution is -2.18. The van der Waals surface area contributed by atoms with Crippen molar-refractivity contribution in [3.05, 3.63) is 29.3 Å². The number of rotatable bonds is 9. The second-order valence-electron chi connectivity index (χ2n) is 5.46. The van der Waals surface area contributed by atoms with Crippen molar-refractivity contribution in [1.82, 2.24) is 5.32 Å². The van der Waals surface area contributed by atoms with Gasteiger partial charge in [-0.2, -0.15) is 0 Å². The summed E-state index contributed by atoms with van der Waals surface area (Å²) in [6.07, 6.45) is 6.50. The standard InChI is InChI=1S/C17H27NO2/c1-2-18-16-11-10-15-14(16)8-7-9-17(15)20-13-6-4-3-5-12-19/h7-9,16,18-19H,2-6,10-13H2,1H3. The minimum Gasteiger partial charge on any atom is -0.493 e. The van der Waals surface area contributed by atoms with Crippen LogP contribution in [0.1, 0.15) is 56.2 Å². The predicted molar refractivity (Wildman–Crippen MR) is 82.2 cm³/mol. The van der Waals surface area contributed by atoms with Crippen LogP contribution >= 0.6 is 0 Å². The summed E-state index contributed by atoms with van der Waals surface area (Å²) >= 11 is 0. The van der Waals surface area contributed by atoms with Crippen LogP contribution in [0.2, 0.25) is 0 Å². The molecule has 0 saturated carbocycles. The van der Waals surface area contributed by atoms with Gasteiger partial charge in [0, 0.05) is 12.6 Å². The first-order valence-corrected chi connectivity index (χ1v) is 7.95. The Morgan fingerprint density at radius 1 is 1.25 bits per heavy atom. The maximum atomic E-state index is 8.74. The third-order valence-corrected chi connectivity index (χ3v) is 3.99. The lowest BCUT2D eigenvalue weighted by atomic mass is 10.1. The summed E-state index contributed by atoms with van der Waals surface area (Å²) in [4.78, 5) is 0. The molecule has 2 N–H and O–H groups in total. The average molecular weight is 277 g/mol. The van der Waals surface area contributed by atoms with Gasteiger partial charge in [-0.3, -0.25) is 0 Å². The summed E-state index contributed by atoms with van der Waals surface area (Å²) in [6, 6.07) is 6.93. The average Bonchev–Trinajstić information content (AvgIpc) is 2.87. The Hall–Kier alpha value is -1.06. The minimum atomic E-state index is 0.304. The van der Waals surface area contributed by atoms with Crippen molar-refractivity contribution < 1.29 is 9.84 Å². The quantitative estimate of drug-likeness (QED) is 0.681. The molecule has 1 aliphatic carbocycles. The highest BCUT2D eigenvalue weighted by Gasteiger charge is 2.24. The highest BCUT2D eigenvalue weighted by molar-refractivity contribution is 5.45. The second kappa shape index (κ2) is 8.28. The van der Waals surface area contributed by atoms with Crippen LogP contribution in [0.5, 0.6) is 5.75 Å². The number of aliphatic hydroxyl groups is 1. The molecule has 1 unspecified atom stereocenters. The number of ether oxygens (including phenoxy) is 1. The van der Waals surface area contributed by atoms with Gasteiger partial charge in [-0.25, -0.2) is 0 Å². The van der Waals surface area contributed by atoms with E-state index in [-0.39, 0.29) is 0 Å². The van der Waals surface area contributed by atoms with Gasteiger partial charge in [-0.1, -0.05) is 25.5 Å². The summed E-state index contributed by atoms with van der Waals surface area (Å²) in [5, 5.41) is 12.3. The largest absolute Gasteiger partial charge is 0.493 e. The molecule has 1 aromatic rings. The Kier molecular flexibility index (Phi) is 6.34. The van der Waals surface area contributed by atoms with Gasteiger partial charge in [0.05, 0.1) is 6.61 Å². The van der Waals surface area contributed by atoms with E-state index >= 15 is 0 Å². The normalized spacial score (nSPS) is 17.2. The Bertz CT molecular complexity index is 406. The molecule has 0 spiro atoms. The van der Waals surface area contributed by atoms with Crippen LogP contribution in [0.3, 0.4) is 0 Å². The van der Waals surface area contributed by atoms with E-state index in [0.717, 1.165) is 51.0 Å². The molecule has 3 nitrogen and oxygen atoms in total. The topological polar surface area (TPSA) is 41.5 Å². The molecule has 0 heterocycles. The van der Waals surface area contributed by atoms with Gasteiger partial charge in [0.25, 0.3) is 0 Å². The third-order valence-electron chi connectivity index (χ3n) is 3.99. The second-order valence-corrected chi connectivity index (χ2v) is 5.46. The van der Waals surface area contributed by atoms with E-state index in [1.54, 1.807) is 0 Å². The summed E-state index contributed by atoms with van der Waals surface area (Å²) in [5.41, 5.74) is 2.82. The van der Waals surface area contributed by atoms with E-state index in [9.17, 15) is 0 Å². The van der Waals surface area contributed by atoms with Crippen molar-refractivity contribution in [2.45, 2.75) is 51.5 Å². The van der Waals surface area contributed by atoms with E-state index in [0.29, 0.717) is 12.6 Å². The molecule has 0 bridgehead atoms. The molecule has 0 amide bonds. The van der Waals surface area contributed by atoms with Crippen LogP contribution in [0.25, 0.3) is 0 Å². The van der Waals surface area contributed by atoms with Crippen molar-refractivity contribution in [2.24, 2.45) is 0 Å². The summed E-state index contributed by atoms with van der Waals surface area (Å²) in [7, 11) is 0. The lowest BCUT2D eigenvalue weighted by molar-refractivity contribution is 0.273. The van der Waals surface area contributed by atoms with Gasteiger partial charge in [-0.05, 0) is 55.8 Å². The zero-order valence-corrected chi connectivity index (χ0v) is 12.5. The Morgan fingerprint density at radius 3 is 2.90 bits per heavy atom. The molecule has 0 saturated heterocycles. The SMILES string of the molecule is CCNC1CCc2c(OCCCCCCO)cccc21. The summed E-state index contributed by atoms with van der Waals surface area (Å²) in [6.45, 7) is 4.26. The minimum absolute atomic E-state index is 0.304. The zero-order chi connectivity index (χ0) is 14.2. The fourth-order valence-corrected chi connectivity index (χ4v) is 2.96. The van der Waals surface area contributed by atoms with Crippen LogP contribution in [-0.2, 0) is 6.42 Å². The van der Waals surface area contributed by atoms with E-state index < -0.39 is 0 Å². The zero-order valence-electron chi connectivity index (χ0n) is 12.5. The van der Waals surface area contributed by atoms with Gasteiger partial charge in [-0.15, -0.1) is 0 Å². The number of hydrogen-bond acceptors (Lipinski definition) is 3. The first kappa shape index (κ1) is 15.3. The third kappa shape index (κ3) is 3.97. The van der Waals surface area contributed by atoms with Crippen LogP contribution in [-0.4, -0.2) is 24.9 Å². The van der Waals surface area contributed by atoms with Crippen molar-refractivity contribution in [2.75, 3.05) is 19.8 Å². The van der Waals surface area contributed by atoms with Gasteiger partial charge >= 0.3 is 0 Å². The fraction of sp³-hybridized carbons (Fsp3) is 0.647. The van der Waals surface area contributed by atoms with E-state index in [2.05, 4.69) is 30.4 Å². The van der Waals surface area contributed by atoms with Crippen LogP contribution in [0, 0.1) is 0 Å². The van der Waals surface area contributed by atoms with Crippen LogP contribution in [0.15, 0.2) is 18.2 Å². The first-order valence-electron chi connectivity index (χ1n) is 7.95. The smallest absolute Gasteiger partial charge is 0.122 e. The molecular weight excluding hydrogens is 250 g/mol. The molecule has 0 aliphatic heterocycles. The summed E-state index contributed by atoms with van der Waals surface area (Å²) in [5.74, 6) is 1.07. The van der Waals surface area contributed by atoms with Crippen molar-refractivity contribution in [3.63, 3.8) is 0 Å². The Balaban J connectivity index is 1.84. The maximum absolute atomic E-state index is 8.74. The van der Waals surface area contributed by atoms with Crippen molar-refractivity contribution in [1.29, 1.82) is 0 Å². The molecule has 0 radical (unpaired) electrons. The highest BCUT2D eigenvalue weighted by atomic mass is 16.5. The molecule has 2 rings (SSSR count). The molecule has 112 valence electrons. The van der Waals surface area contributed by atoms with Crippen molar-refractivity contribution in [3.8, 4) is 5.75 Å². The highest BCUT2D eigenvalue weighted by Crippen LogP contribution is 2.36. The van der Waals surface area contributed by atoms with Gasteiger partial charge in [0.1, 0.15) is 5.75 Å². The molecule has 3 heteroatoms. The molecule has 0 fully saturated rings. The molecule has 1 aromatic carbocycles. The molecule has 20 heavy (non-hydrogen) atoms. The molecular formula is C17H27NO2. The molecule has 1 aliphatic rings. The predicted octanol–water partition coefficient (Wildman–Crippen LogP) is 3.21. The fourth-order valence-electron chi connectivity index (χ4n) is 2.96. The number of nitrogens with one attached hydrogen (secondary N) is 1. The number of aliphatic hydroxyl groups excluding tert-OH is 1. The maximum Gasteiger partial charge on any atom is 0.122 e. The van der Waals surface area contributed by atoms with E-state index in [1.807, 2.05) is 0 Å². The van der Waals surface area contributed by atoms with Crippen LogP contribution in [0.4, 0.5) is 0 Å². The van der Waals surface area contributed by atoms with Crippen molar-refractivity contribution >= 4 is 0 Å². The monoisotopic (exact) mass is 277 g/mol. The number of unbranched alkanes of at least 4 members (excludes halogenated alkanes) is 3. The number of benzene rings is 1. The van der Waals surface area contributed by atoms with Gasteiger partial charge < -0.3 is 15.2 Å². The van der Waals surface area contributed by atoms with Gasteiger partial charge in [0.2, 0.25) is 0 Å². The Morgan fingerprint density at radius 2 is 2.10 bits per heavy atom.